The highest BCUT2D eigenvalue weighted by Gasteiger charge is 2.53. The second-order valence-electron chi connectivity index (χ2n) is 8.97. The number of hydrogen-bond donors (Lipinski definition) is 1. The molecule has 3 aliphatic rings. The van der Waals surface area contributed by atoms with E-state index in [1.165, 1.54) is 18.9 Å². The Labute approximate surface area is 146 Å². The summed E-state index contributed by atoms with van der Waals surface area (Å²) in [6, 6.07) is 0. The van der Waals surface area contributed by atoms with Crippen LogP contribution in [-0.4, -0.2) is 23.3 Å². The van der Waals surface area contributed by atoms with Gasteiger partial charge < -0.3 is 9.84 Å². The molecule has 0 aromatic heterocycles. The number of aliphatic hydroxyl groups excluding tert-OH is 1. The molecule has 0 amide bonds. The molecule has 0 aromatic carbocycles. The van der Waals surface area contributed by atoms with Crippen LogP contribution in [0.15, 0.2) is 11.6 Å². The Hall–Kier alpha value is -0.830. The number of carbonyl (C=O) groups is 1. The number of hydrogen-bond acceptors (Lipinski definition) is 3. The molecule has 5 unspecified atom stereocenters. The van der Waals surface area contributed by atoms with Gasteiger partial charge in [-0.25, -0.2) is 0 Å². The van der Waals surface area contributed by atoms with Crippen LogP contribution in [-0.2, 0) is 9.53 Å². The predicted octanol–water partition coefficient (Wildman–Crippen LogP) is 4.34. The molecule has 1 N–H and O–H groups in total. The third-order valence-electron chi connectivity index (χ3n) is 7.76. The topological polar surface area (TPSA) is 46.5 Å². The number of esters is 1. The summed E-state index contributed by atoms with van der Waals surface area (Å²) in [5.41, 5.74) is 1.58. The molecule has 0 spiro atoms. The molecule has 2 saturated carbocycles. The SMILES string of the molecule is CC(=O)O[C@@H](C)C1(C)CCC2C3CC[C@H](O)CC3=C[C@@H](C)C2C1C. The maximum absolute atomic E-state index is 11.5. The van der Waals surface area contributed by atoms with Gasteiger partial charge in [-0.15, -0.1) is 0 Å². The van der Waals surface area contributed by atoms with Crippen LogP contribution in [0.2, 0.25) is 0 Å². The number of rotatable bonds is 2. The summed E-state index contributed by atoms with van der Waals surface area (Å²) in [6.07, 6.45) is 7.63. The first-order valence-corrected chi connectivity index (χ1v) is 9.80. The van der Waals surface area contributed by atoms with E-state index in [2.05, 4.69) is 33.8 Å². The van der Waals surface area contributed by atoms with Crippen molar-refractivity contribution in [3.05, 3.63) is 11.6 Å². The van der Waals surface area contributed by atoms with E-state index in [1.54, 1.807) is 0 Å². The molecule has 0 bridgehead atoms. The second-order valence-corrected chi connectivity index (χ2v) is 8.97. The lowest BCUT2D eigenvalue weighted by Crippen LogP contribution is -2.52. The first-order valence-electron chi connectivity index (χ1n) is 9.80. The van der Waals surface area contributed by atoms with E-state index in [-0.39, 0.29) is 23.6 Å². The van der Waals surface area contributed by atoms with Crippen molar-refractivity contribution in [2.75, 3.05) is 0 Å². The first kappa shape index (κ1) is 18.0. The van der Waals surface area contributed by atoms with E-state index >= 15 is 0 Å². The van der Waals surface area contributed by atoms with Gasteiger partial charge in [-0.1, -0.05) is 32.4 Å². The van der Waals surface area contributed by atoms with Crippen molar-refractivity contribution in [2.24, 2.45) is 35.0 Å². The molecular formula is C21H34O3. The van der Waals surface area contributed by atoms with Crippen LogP contribution in [0.1, 0.15) is 66.7 Å². The lowest BCUT2D eigenvalue weighted by molar-refractivity contribution is -0.161. The van der Waals surface area contributed by atoms with E-state index < -0.39 is 0 Å². The average molecular weight is 334 g/mol. The van der Waals surface area contributed by atoms with E-state index in [0.717, 1.165) is 31.6 Å². The monoisotopic (exact) mass is 334 g/mol. The third-order valence-corrected chi connectivity index (χ3v) is 7.76. The van der Waals surface area contributed by atoms with Crippen LogP contribution >= 0.6 is 0 Å². The Morgan fingerprint density at radius 3 is 2.71 bits per heavy atom. The molecule has 0 aliphatic heterocycles. The van der Waals surface area contributed by atoms with Crippen molar-refractivity contribution in [3.8, 4) is 0 Å². The van der Waals surface area contributed by atoms with E-state index in [4.69, 9.17) is 4.74 Å². The lowest BCUT2D eigenvalue weighted by atomic mass is 9.49. The minimum absolute atomic E-state index is 0.0308. The molecule has 8 atom stereocenters. The number of fused-ring (bicyclic) bond motifs is 3. The molecule has 3 rings (SSSR count). The van der Waals surface area contributed by atoms with Gasteiger partial charge in [0.1, 0.15) is 6.10 Å². The van der Waals surface area contributed by atoms with E-state index in [0.29, 0.717) is 23.7 Å². The average Bonchev–Trinajstić information content (AvgIpc) is 2.49. The van der Waals surface area contributed by atoms with Gasteiger partial charge in [-0.05, 0) is 68.6 Å². The Morgan fingerprint density at radius 2 is 2.04 bits per heavy atom. The van der Waals surface area contributed by atoms with Gasteiger partial charge in [-0.3, -0.25) is 4.79 Å². The summed E-state index contributed by atoms with van der Waals surface area (Å²) in [4.78, 5) is 11.5. The fourth-order valence-electron chi connectivity index (χ4n) is 6.19. The Bertz CT molecular complexity index is 525. The zero-order valence-corrected chi connectivity index (χ0v) is 15.9. The van der Waals surface area contributed by atoms with Crippen molar-refractivity contribution in [2.45, 2.75) is 78.9 Å². The molecule has 0 heterocycles. The summed E-state index contributed by atoms with van der Waals surface area (Å²) in [6.45, 7) is 10.6. The van der Waals surface area contributed by atoms with Gasteiger partial charge in [0.05, 0.1) is 6.10 Å². The number of ether oxygens (including phenoxy) is 1. The molecule has 0 aromatic rings. The summed E-state index contributed by atoms with van der Waals surface area (Å²) >= 11 is 0. The zero-order chi connectivity index (χ0) is 17.6. The maximum Gasteiger partial charge on any atom is 0.302 e. The molecule has 3 aliphatic carbocycles. The van der Waals surface area contributed by atoms with Crippen molar-refractivity contribution in [3.63, 3.8) is 0 Å². The molecular weight excluding hydrogens is 300 g/mol. The largest absolute Gasteiger partial charge is 0.462 e. The quantitative estimate of drug-likeness (QED) is 0.603. The van der Waals surface area contributed by atoms with Crippen LogP contribution in [0.3, 0.4) is 0 Å². The summed E-state index contributed by atoms with van der Waals surface area (Å²) in [5.74, 6) is 2.98. The van der Waals surface area contributed by atoms with Crippen LogP contribution in [0, 0.1) is 35.0 Å². The van der Waals surface area contributed by atoms with Crippen LogP contribution in [0.5, 0.6) is 0 Å². The highest BCUT2D eigenvalue weighted by atomic mass is 16.5. The van der Waals surface area contributed by atoms with Gasteiger partial charge in [0.2, 0.25) is 0 Å². The first-order chi connectivity index (χ1) is 11.2. The van der Waals surface area contributed by atoms with Crippen molar-refractivity contribution >= 4 is 5.97 Å². The highest BCUT2D eigenvalue weighted by molar-refractivity contribution is 5.66. The van der Waals surface area contributed by atoms with Crippen LogP contribution < -0.4 is 0 Å². The highest BCUT2D eigenvalue weighted by Crippen LogP contribution is 2.58. The van der Waals surface area contributed by atoms with Crippen LogP contribution in [0.4, 0.5) is 0 Å². The summed E-state index contributed by atoms with van der Waals surface area (Å²) < 4.78 is 5.61. The Balaban J connectivity index is 1.85. The molecule has 24 heavy (non-hydrogen) atoms. The minimum Gasteiger partial charge on any atom is -0.462 e. The van der Waals surface area contributed by atoms with Gasteiger partial charge in [-0.2, -0.15) is 0 Å². The van der Waals surface area contributed by atoms with E-state index in [1.807, 2.05) is 0 Å². The van der Waals surface area contributed by atoms with Crippen LogP contribution in [0.25, 0.3) is 0 Å². The van der Waals surface area contributed by atoms with Crippen molar-refractivity contribution < 1.29 is 14.6 Å². The number of aliphatic hydroxyl groups is 1. The molecule has 0 saturated heterocycles. The lowest BCUT2D eigenvalue weighted by Gasteiger charge is -2.56. The Kier molecular flexibility index (Phi) is 4.85. The predicted molar refractivity (Wildman–Crippen MR) is 95.3 cm³/mol. The molecule has 0 radical (unpaired) electrons. The fourth-order valence-corrected chi connectivity index (χ4v) is 6.19. The van der Waals surface area contributed by atoms with Crippen molar-refractivity contribution in [1.29, 1.82) is 0 Å². The second kappa shape index (κ2) is 6.48. The maximum atomic E-state index is 11.5. The summed E-state index contributed by atoms with van der Waals surface area (Å²) in [7, 11) is 0. The standard InChI is InChI=1S/C21H34O3/c1-12-10-16-11-17(23)6-7-18(16)19-8-9-21(5,13(2)20(12)19)14(3)24-15(4)22/h10,12-14,17-20,23H,6-9,11H2,1-5H3/t12-,13?,14+,17+,18?,19?,20?,21?/m1/s1. The molecule has 3 heteroatoms. The third kappa shape index (κ3) is 2.94. The fraction of sp³-hybridized carbons (Fsp3) is 0.857. The van der Waals surface area contributed by atoms with Gasteiger partial charge >= 0.3 is 5.97 Å². The smallest absolute Gasteiger partial charge is 0.302 e. The Morgan fingerprint density at radius 1 is 1.33 bits per heavy atom. The molecule has 2 fully saturated rings. The number of allylic oxidation sites excluding steroid dienone is 1. The van der Waals surface area contributed by atoms with Crippen molar-refractivity contribution in [1.82, 2.24) is 0 Å². The summed E-state index contributed by atoms with van der Waals surface area (Å²) in [5, 5.41) is 10.0. The minimum atomic E-state index is -0.168. The van der Waals surface area contributed by atoms with Gasteiger partial charge in [0, 0.05) is 12.3 Å². The molecule has 3 nitrogen and oxygen atoms in total. The van der Waals surface area contributed by atoms with E-state index in [9.17, 15) is 9.90 Å². The number of carbonyl (C=O) groups excluding carboxylic acids is 1. The zero-order valence-electron chi connectivity index (χ0n) is 15.9. The molecule has 136 valence electrons. The van der Waals surface area contributed by atoms with Gasteiger partial charge in [0.15, 0.2) is 0 Å². The normalized spacial score (nSPS) is 46.3. The van der Waals surface area contributed by atoms with Gasteiger partial charge in [0.25, 0.3) is 0 Å².